The number of aromatic nitrogens is 2. The molecule has 0 aliphatic rings. The van der Waals surface area contributed by atoms with Gasteiger partial charge in [0, 0.05) is 17.5 Å². The number of rotatable bonds is 5. The van der Waals surface area contributed by atoms with Gasteiger partial charge >= 0.3 is 0 Å². The normalized spacial score (nSPS) is 10.8. The zero-order chi connectivity index (χ0) is 14.5. The predicted molar refractivity (Wildman–Crippen MR) is 80.9 cm³/mol. The summed E-state index contributed by atoms with van der Waals surface area (Å²) in [5.41, 5.74) is 1.04. The highest BCUT2D eigenvalue weighted by Crippen LogP contribution is 2.15. The number of hydrogen-bond acceptors (Lipinski definition) is 2. The molecule has 20 heavy (non-hydrogen) atoms. The number of halogens is 1. The van der Waals surface area contributed by atoms with Crippen LogP contribution in [0.3, 0.4) is 0 Å². The van der Waals surface area contributed by atoms with Crippen molar-refractivity contribution >= 4 is 23.3 Å². The molecule has 0 radical (unpaired) electrons. The Morgan fingerprint density at radius 2 is 2.20 bits per heavy atom. The van der Waals surface area contributed by atoms with Crippen molar-refractivity contribution in [3.8, 4) is 0 Å². The lowest BCUT2D eigenvalue weighted by molar-refractivity contribution is -0.116. The summed E-state index contributed by atoms with van der Waals surface area (Å²) in [5, 5.41) is 7.81. The van der Waals surface area contributed by atoms with Crippen molar-refractivity contribution < 1.29 is 4.79 Å². The third-order valence-corrected chi connectivity index (χ3v) is 3.03. The van der Waals surface area contributed by atoms with E-state index in [4.69, 9.17) is 11.6 Å². The van der Waals surface area contributed by atoms with Gasteiger partial charge in [-0.1, -0.05) is 37.6 Å². The van der Waals surface area contributed by atoms with E-state index < -0.39 is 0 Å². The highest BCUT2D eigenvalue weighted by atomic mass is 35.5. The molecule has 0 spiro atoms. The lowest BCUT2D eigenvalue weighted by Gasteiger charge is -2.10. The number of benzene rings is 1. The number of nitrogens with zero attached hydrogens (tertiary/aromatic N) is 2. The van der Waals surface area contributed by atoms with E-state index in [0.29, 0.717) is 29.7 Å². The molecule has 0 saturated carbocycles. The molecular formula is C15H18ClN3O. The highest BCUT2D eigenvalue weighted by Gasteiger charge is 2.09. The Morgan fingerprint density at radius 1 is 1.40 bits per heavy atom. The molecule has 0 saturated heterocycles. The van der Waals surface area contributed by atoms with Crippen LogP contribution in [0.2, 0.25) is 5.02 Å². The SMILES string of the molecule is CC(C)CC(=O)Nc1ccnn1Cc1cccc(Cl)c1. The molecule has 0 aliphatic carbocycles. The quantitative estimate of drug-likeness (QED) is 0.915. The molecule has 1 aromatic heterocycles. The largest absolute Gasteiger partial charge is 0.311 e. The van der Waals surface area contributed by atoms with E-state index in [0.717, 1.165) is 5.56 Å². The Balaban J connectivity index is 2.07. The fourth-order valence-electron chi connectivity index (χ4n) is 1.94. The van der Waals surface area contributed by atoms with Gasteiger partial charge < -0.3 is 5.32 Å². The van der Waals surface area contributed by atoms with Crippen LogP contribution in [-0.2, 0) is 11.3 Å². The van der Waals surface area contributed by atoms with Crippen molar-refractivity contribution in [3.05, 3.63) is 47.1 Å². The van der Waals surface area contributed by atoms with Gasteiger partial charge in [0.15, 0.2) is 0 Å². The Morgan fingerprint density at radius 3 is 2.90 bits per heavy atom. The minimum absolute atomic E-state index is 0.00726. The van der Waals surface area contributed by atoms with Gasteiger partial charge in [0.25, 0.3) is 0 Å². The minimum atomic E-state index is 0.00726. The second-order valence-corrected chi connectivity index (χ2v) is 5.59. The highest BCUT2D eigenvalue weighted by molar-refractivity contribution is 6.30. The van der Waals surface area contributed by atoms with Crippen LogP contribution < -0.4 is 5.32 Å². The van der Waals surface area contributed by atoms with Gasteiger partial charge in [-0.3, -0.25) is 4.79 Å². The van der Waals surface area contributed by atoms with Crippen LogP contribution in [0.25, 0.3) is 0 Å². The third kappa shape index (κ3) is 4.10. The van der Waals surface area contributed by atoms with Crippen molar-refractivity contribution in [1.82, 2.24) is 9.78 Å². The minimum Gasteiger partial charge on any atom is -0.311 e. The molecule has 0 unspecified atom stereocenters. The summed E-state index contributed by atoms with van der Waals surface area (Å²) < 4.78 is 1.75. The number of amides is 1. The van der Waals surface area contributed by atoms with Crippen molar-refractivity contribution in [2.24, 2.45) is 5.92 Å². The van der Waals surface area contributed by atoms with E-state index in [1.165, 1.54) is 0 Å². The summed E-state index contributed by atoms with van der Waals surface area (Å²) in [6.07, 6.45) is 2.18. The molecule has 1 N–H and O–H groups in total. The van der Waals surface area contributed by atoms with Crippen molar-refractivity contribution in [2.45, 2.75) is 26.8 Å². The first-order valence-corrected chi connectivity index (χ1v) is 6.98. The zero-order valence-electron chi connectivity index (χ0n) is 11.6. The van der Waals surface area contributed by atoms with Crippen molar-refractivity contribution in [2.75, 3.05) is 5.32 Å². The molecule has 0 atom stereocenters. The predicted octanol–water partition coefficient (Wildman–Crippen LogP) is 3.57. The lowest BCUT2D eigenvalue weighted by atomic mass is 10.1. The second kappa shape index (κ2) is 6.57. The summed E-state index contributed by atoms with van der Waals surface area (Å²) in [7, 11) is 0. The molecule has 2 rings (SSSR count). The molecule has 2 aromatic rings. The first kappa shape index (κ1) is 14.6. The maximum Gasteiger partial charge on any atom is 0.225 e. The van der Waals surface area contributed by atoms with Crippen molar-refractivity contribution in [1.29, 1.82) is 0 Å². The van der Waals surface area contributed by atoms with Gasteiger partial charge in [0.1, 0.15) is 5.82 Å². The van der Waals surface area contributed by atoms with Gasteiger partial charge in [-0.05, 0) is 23.6 Å². The van der Waals surface area contributed by atoms with Crippen LogP contribution in [0, 0.1) is 5.92 Å². The number of carbonyl (C=O) groups excluding carboxylic acids is 1. The van der Waals surface area contributed by atoms with E-state index in [9.17, 15) is 4.79 Å². The molecule has 0 aliphatic heterocycles. The van der Waals surface area contributed by atoms with Gasteiger partial charge in [-0.2, -0.15) is 5.10 Å². The zero-order valence-corrected chi connectivity index (χ0v) is 12.4. The fraction of sp³-hybridized carbons (Fsp3) is 0.333. The fourth-order valence-corrected chi connectivity index (χ4v) is 2.15. The van der Waals surface area contributed by atoms with Crippen LogP contribution in [0.5, 0.6) is 0 Å². The van der Waals surface area contributed by atoms with Gasteiger partial charge in [0.05, 0.1) is 12.7 Å². The van der Waals surface area contributed by atoms with E-state index in [1.54, 1.807) is 16.9 Å². The molecule has 106 valence electrons. The molecule has 1 amide bonds. The molecule has 0 fully saturated rings. The Kier molecular flexibility index (Phi) is 4.79. The Hall–Kier alpha value is -1.81. The van der Waals surface area contributed by atoms with Crippen LogP contribution in [0.4, 0.5) is 5.82 Å². The van der Waals surface area contributed by atoms with Crippen LogP contribution in [0.15, 0.2) is 36.5 Å². The van der Waals surface area contributed by atoms with E-state index in [2.05, 4.69) is 10.4 Å². The van der Waals surface area contributed by atoms with Gasteiger partial charge in [0.2, 0.25) is 5.91 Å². The molecular weight excluding hydrogens is 274 g/mol. The average molecular weight is 292 g/mol. The molecule has 4 nitrogen and oxygen atoms in total. The second-order valence-electron chi connectivity index (χ2n) is 5.15. The number of nitrogens with one attached hydrogen (secondary N) is 1. The molecule has 1 aromatic carbocycles. The molecule has 1 heterocycles. The maximum absolute atomic E-state index is 11.8. The summed E-state index contributed by atoms with van der Waals surface area (Å²) >= 11 is 5.97. The Bertz CT molecular complexity index is 592. The van der Waals surface area contributed by atoms with E-state index >= 15 is 0 Å². The van der Waals surface area contributed by atoms with Gasteiger partial charge in [-0.25, -0.2) is 4.68 Å². The smallest absolute Gasteiger partial charge is 0.225 e. The molecule has 5 heteroatoms. The summed E-state index contributed by atoms with van der Waals surface area (Å²) in [6, 6.07) is 9.40. The first-order chi connectivity index (χ1) is 9.54. The molecule has 0 bridgehead atoms. The monoisotopic (exact) mass is 291 g/mol. The van der Waals surface area contributed by atoms with Crippen LogP contribution in [0.1, 0.15) is 25.8 Å². The summed E-state index contributed by atoms with van der Waals surface area (Å²) in [4.78, 5) is 11.8. The standard InChI is InChI=1S/C15H18ClN3O/c1-11(2)8-15(20)18-14-6-7-17-19(14)10-12-4-3-5-13(16)9-12/h3-7,9,11H,8,10H2,1-2H3,(H,18,20). The summed E-state index contributed by atoms with van der Waals surface area (Å²) in [6.45, 7) is 4.61. The lowest BCUT2D eigenvalue weighted by Crippen LogP contribution is -2.17. The summed E-state index contributed by atoms with van der Waals surface area (Å²) in [5.74, 6) is 1.04. The number of carbonyl (C=O) groups is 1. The number of hydrogen-bond donors (Lipinski definition) is 1. The van der Waals surface area contributed by atoms with Gasteiger partial charge in [-0.15, -0.1) is 0 Å². The maximum atomic E-state index is 11.8. The van der Waals surface area contributed by atoms with E-state index in [-0.39, 0.29) is 5.91 Å². The average Bonchev–Trinajstić information content (AvgIpc) is 2.75. The van der Waals surface area contributed by atoms with Crippen LogP contribution >= 0.6 is 11.6 Å². The van der Waals surface area contributed by atoms with E-state index in [1.807, 2.05) is 38.1 Å². The first-order valence-electron chi connectivity index (χ1n) is 6.60. The Labute approximate surface area is 123 Å². The third-order valence-electron chi connectivity index (χ3n) is 2.80. The topological polar surface area (TPSA) is 46.9 Å². The van der Waals surface area contributed by atoms with Crippen LogP contribution in [-0.4, -0.2) is 15.7 Å². The van der Waals surface area contributed by atoms with Crippen molar-refractivity contribution in [3.63, 3.8) is 0 Å². The number of anilines is 1.